The number of anilines is 1. The number of aromatic nitrogens is 3. The second kappa shape index (κ2) is 9.76. The Bertz CT molecular complexity index is 1560. The number of hydrogen-bond acceptors (Lipinski definition) is 8. The number of ether oxygens (including phenoxy) is 1. The quantitative estimate of drug-likeness (QED) is 0.353. The lowest BCUT2D eigenvalue weighted by molar-refractivity contribution is 0.437. The van der Waals surface area contributed by atoms with E-state index in [1.54, 1.807) is 24.5 Å². The van der Waals surface area contributed by atoms with Crippen molar-refractivity contribution in [2.24, 2.45) is 0 Å². The topological polar surface area (TPSA) is 136 Å². The highest BCUT2D eigenvalue weighted by Gasteiger charge is 2.20. The fraction of sp³-hybridized carbons (Fsp3) is 0.217. The molecule has 10 nitrogen and oxygen atoms in total. The molecule has 0 aliphatic heterocycles. The number of fused-ring (bicyclic) bond motifs is 1. The van der Waals surface area contributed by atoms with Gasteiger partial charge in [0, 0.05) is 49.1 Å². The summed E-state index contributed by atoms with van der Waals surface area (Å²) in [5.41, 5.74) is 1.49. The third kappa shape index (κ3) is 5.12. The third-order valence-electron chi connectivity index (χ3n) is 5.35. The Kier molecular flexibility index (Phi) is 6.76. The van der Waals surface area contributed by atoms with Gasteiger partial charge < -0.3 is 9.15 Å². The Morgan fingerprint density at radius 1 is 1.11 bits per heavy atom. The van der Waals surface area contributed by atoms with Crippen LogP contribution in [0.5, 0.6) is 11.8 Å². The van der Waals surface area contributed by atoms with E-state index < -0.39 is 27.5 Å². The molecule has 0 saturated heterocycles. The fourth-order valence-electron chi connectivity index (χ4n) is 3.63. The van der Waals surface area contributed by atoms with E-state index in [0.29, 0.717) is 28.7 Å². The molecule has 0 atom stereocenters. The highest BCUT2D eigenvalue weighted by molar-refractivity contribution is 7.90. The fourth-order valence-corrected chi connectivity index (χ4v) is 4.13. The maximum absolute atomic E-state index is 15.1. The highest BCUT2D eigenvalue weighted by Crippen LogP contribution is 2.31. The summed E-state index contributed by atoms with van der Waals surface area (Å²) >= 11 is 0. The molecule has 12 heteroatoms. The van der Waals surface area contributed by atoms with Gasteiger partial charge in [-0.15, -0.1) is 0 Å². The van der Waals surface area contributed by atoms with E-state index >= 15 is 4.39 Å². The van der Waals surface area contributed by atoms with E-state index in [0.717, 1.165) is 5.56 Å². The molecule has 3 heterocycles. The van der Waals surface area contributed by atoms with Crippen molar-refractivity contribution in [3.05, 3.63) is 81.3 Å². The molecule has 0 amide bonds. The summed E-state index contributed by atoms with van der Waals surface area (Å²) in [4.78, 5) is 24.8. The van der Waals surface area contributed by atoms with Crippen molar-refractivity contribution in [2.75, 3.05) is 11.8 Å². The molecule has 182 valence electrons. The van der Waals surface area contributed by atoms with Crippen LogP contribution in [0.15, 0.2) is 52.1 Å². The van der Waals surface area contributed by atoms with Crippen LogP contribution in [0.1, 0.15) is 29.2 Å². The van der Waals surface area contributed by atoms with Crippen LogP contribution in [0, 0.1) is 12.7 Å². The first-order valence-electron chi connectivity index (χ1n) is 10.6. The van der Waals surface area contributed by atoms with Crippen molar-refractivity contribution >= 4 is 27.0 Å². The predicted octanol–water partition coefficient (Wildman–Crippen LogP) is 3.25. The third-order valence-corrected chi connectivity index (χ3v) is 6.35. The number of hydrogen-bond donors (Lipinski definition) is 2. The van der Waals surface area contributed by atoms with Crippen LogP contribution in [0.2, 0.25) is 0 Å². The molecule has 3 aromatic heterocycles. The molecule has 4 rings (SSSR count). The lowest BCUT2D eigenvalue weighted by Crippen LogP contribution is -2.27. The molecule has 0 radical (unpaired) electrons. The molecular formula is C23H22FN5O5S. The average molecular weight is 500 g/mol. The summed E-state index contributed by atoms with van der Waals surface area (Å²) in [5.74, 6) is -0.917. The number of nitrogens with one attached hydrogen (secondary N) is 2. The number of aryl methyl sites for hydroxylation is 2. The largest absolute Gasteiger partial charge is 0.424 e. The summed E-state index contributed by atoms with van der Waals surface area (Å²) in [7, 11) is -2.79. The second-order valence-corrected chi connectivity index (χ2v) is 9.19. The van der Waals surface area contributed by atoms with E-state index in [1.807, 2.05) is 29.4 Å². The van der Waals surface area contributed by atoms with Crippen molar-refractivity contribution in [3.8, 4) is 11.8 Å². The van der Waals surface area contributed by atoms with Gasteiger partial charge in [0.25, 0.3) is 10.2 Å². The lowest BCUT2D eigenvalue weighted by Gasteiger charge is -2.14. The van der Waals surface area contributed by atoms with Gasteiger partial charge in [0.1, 0.15) is 11.3 Å². The Balaban J connectivity index is 1.76. The number of benzene rings is 1. The van der Waals surface area contributed by atoms with E-state index in [4.69, 9.17) is 9.15 Å². The molecule has 0 saturated carbocycles. The molecule has 4 aromatic rings. The monoisotopic (exact) mass is 499 g/mol. The molecule has 0 unspecified atom stereocenters. The summed E-state index contributed by atoms with van der Waals surface area (Å²) in [6, 6.07) is 6.63. The molecule has 0 fully saturated rings. The standard InChI is InChI=1S/C23H22FN5O5S/c1-4-15-16-10-13(2)18(34-23-27-7-5-8-28-23)12-19(16)33-22(30)17(15)11-14-6-9-26-21(20(14)24)29-35(31,32)25-3/h5-10,12,25H,4,11H2,1-3H3,(H,26,29). The zero-order valence-corrected chi connectivity index (χ0v) is 19.9. The molecule has 1 aromatic carbocycles. The van der Waals surface area contributed by atoms with Crippen molar-refractivity contribution < 1.29 is 22.0 Å². The lowest BCUT2D eigenvalue weighted by atomic mass is 9.96. The zero-order valence-electron chi connectivity index (χ0n) is 19.1. The summed E-state index contributed by atoms with van der Waals surface area (Å²) in [5, 5.41) is 0.687. The van der Waals surface area contributed by atoms with Crippen LogP contribution < -0.4 is 19.8 Å². The van der Waals surface area contributed by atoms with Crippen LogP contribution in [-0.2, 0) is 23.1 Å². The van der Waals surface area contributed by atoms with Gasteiger partial charge in [-0.2, -0.15) is 8.42 Å². The average Bonchev–Trinajstić information content (AvgIpc) is 2.83. The van der Waals surface area contributed by atoms with Crippen molar-refractivity contribution in [1.82, 2.24) is 19.7 Å². The molecule has 2 N–H and O–H groups in total. The first-order chi connectivity index (χ1) is 16.7. The van der Waals surface area contributed by atoms with Crippen LogP contribution in [-0.4, -0.2) is 30.4 Å². The molecule has 35 heavy (non-hydrogen) atoms. The minimum Gasteiger partial charge on any atom is -0.424 e. The van der Waals surface area contributed by atoms with Gasteiger partial charge in [-0.25, -0.2) is 28.9 Å². The number of halogens is 1. The molecule has 0 bridgehead atoms. The van der Waals surface area contributed by atoms with Crippen molar-refractivity contribution in [3.63, 3.8) is 0 Å². The van der Waals surface area contributed by atoms with E-state index in [2.05, 4.69) is 15.0 Å². The van der Waals surface area contributed by atoms with Gasteiger partial charge in [0.2, 0.25) is 0 Å². The summed E-state index contributed by atoms with van der Waals surface area (Å²) in [6.45, 7) is 3.72. The first kappa shape index (κ1) is 24.2. The number of pyridine rings is 1. The Labute approximate surface area is 200 Å². The molecule has 0 aliphatic carbocycles. The van der Waals surface area contributed by atoms with Gasteiger partial charge >= 0.3 is 11.6 Å². The first-order valence-corrected chi connectivity index (χ1v) is 12.1. The maximum Gasteiger partial charge on any atom is 0.340 e. The number of rotatable bonds is 8. The van der Waals surface area contributed by atoms with Gasteiger partial charge in [0.15, 0.2) is 11.6 Å². The second-order valence-electron chi connectivity index (χ2n) is 7.57. The molecule has 0 aliphatic rings. The minimum absolute atomic E-state index is 0.0908. The maximum atomic E-state index is 15.1. The van der Waals surface area contributed by atoms with Gasteiger partial charge in [-0.05, 0) is 48.2 Å². The Morgan fingerprint density at radius 2 is 1.86 bits per heavy atom. The minimum atomic E-state index is -3.97. The van der Waals surface area contributed by atoms with Crippen molar-refractivity contribution in [2.45, 2.75) is 26.7 Å². The molecule has 0 spiro atoms. The van der Waals surface area contributed by atoms with E-state index in [1.165, 1.54) is 19.3 Å². The van der Waals surface area contributed by atoms with Crippen LogP contribution >= 0.6 is 0 Å². The highest BCUT2D eigenvalue weighted by atomic mass is 32.2. The van der Waals surface area contributed by atoms with Gasteiger partial charge in [-0.3, -0.25) is 4.72 Å². The number of nitrogens with zero attached hydrogens (tertiary/aromatic N) is 3. The molecular weight excluding hydrogens is 477 g/mol. The Hall–Kier alpha value is -3.90. The normalized spacial score (nSPS) is 11.5. The van der Waals surface area contributed by atoms with Crippen LogP contribution in [0.4, 0.5) is 10.2 Å². The van der Waals surface area contributed by atoms with Gasteiger partial charge in [-0.1, -0.05) is 6.92 Å². The van der Waals surface area contributed by atoms with Crippen LogP contribution in [0.3, 0.4) is 0 Å². The summed E-state index contributed by atoms with van der Waals surface area (Å²) < 4.78 is 53.9. The van der Waals surface area contributed by atoms with Crippen molar-refractivity contribution in [1.29, 1.82) is 0 Å². The Morgan fingerprint density at radius 3 is 2.54 bits per heavy atom. The SMILES string of the molecule is CCc1c(Cc2ccnc(NS(=O)(=O)NC)c2F)c(=O)oc2cc(Oc3ncccn3)c(C)cc12. The predicted molar refractivity (Wildman–Crippen MR) is 127 cm³/mol. The zero-order chi connectivity index (χ0) is 25.2. The van der Waals surface area contributed by atoms with Crippen LogP contribution in [0.25, 0.3) is 11.0 Å². The van der Waals surface area contributed by atoms with E-state index in [-0.39, 0.29) is 23.6 Å². The smallest absolute Gasteiger partial charge is 0.340 e. The summed E-state index contributed by atoms with van der Waals surface area (Å²) in [6.07, 6.45) is 4.73. The van der Waals surface area contributed by atoms with Gasteiger partial charge in [0.05, 0.1) is 0 Å². The van der Waals surface area contributed by atoms with E-state index in [9.17, 15) is 13.2 Å².